The molecule has 0 saturated carbocycles. The Morgan fingerprint density at radius 2 is 2.22 bits per heavy atom. The third kappa shape index (κ3) is 3.92. The van der Waals surface area contributed by atoms with Gasteiger partial charge in [0.05, 0.1) is 12.7 Å². The zero-order chi connectivity index (χ0) is 13.5. The van der Waals surface area contributed by atoms with Crippen molar-refractivity contribution >= 4 is 11.6 Å². The molecule has 0 heterocycles. The first-order valence-electron chi connectivity index (χ1n) is 5.98. The quantitative estimate of drug-likeness (QED) is 0.739. The molecular formula is C13H21N3O2. The summed E-state index contributed by atoms with van der Waals surface area (Å²) >= 11 is 0. The molecule has 0 fully saturated rings. The van der Waals surface area contributed by atoms with E-state index in [1.165, 1.54) is 0 Å². The minimum atomic E-state index is -0.153. The Morgan fingerprint density at radius 3 is 2.78 bits per heavy atom. The second kappa shape index (κ2) is 6.86. The SMILES string of the molecule is CCN(C)CCNC(=O)c1ccc(OC)cc1N. The van der Waals surface area contributed by atoms with Gasteiger partial charge in [0.2, 0.25) is 0 Å². The summed E-state index contributed by atoms with van der Waals surface area (Å²) in [6, 6.07) is 5.05. The molecule has 18 heavy (non-hydrogen) atoms. The van der Waals surface area contributed by atoms with Crippen molar-refractivity contribution < 1.29 is 9.53 Å². The maximum absolute atomic E-state index is 11.9. The highest BCUT2D eigenvalue weighted by molar-refractivity contribution is 5.99. The molecule has 3 N–H and O–H groups in total. The average molecular weight is 251 g/mol. The van der Waals surface area contributed by atoms with Crippen LogP contribution in [0.15, 0.2) is 18.2 Å². The standard InChI is InChI=1S/C13H21N3O2/c1-4-16(2)8-7-15-13(17)11-6-5-10(18-3)9-12(11)14/h5-6,9H,4,7-8,14H2,1-3H3,(H,15,17). The van der Waals surface area contributed by atoms with Crippen LogP contribution in [0.1, 0.15) is 17.3 Å². The molecule has 0 aliphatic heterocycles. The Morgan fingerprint density at radius 1 is 1.50 bits per heavy atom. The van der Waals surface area contributed by atoms with Gasteiger partial charge in [-0.05, 0) is 25.7 Å². The Balaban J connectivity index is 2.56. The maximum atomic E-state index is 11.9. The largest absolute Gasteiger partial charge is 0.497 e. The van der Waals surface area contributed by atoms with Gasteiger partial charge in [-0.2, -0.15) is 0 Å². The van der Waals surface area contributed by atoms with Crippen molar-refractivity contribution in [3.05, 3.63) is 23.8 Å². The summed E-state index contributed by atoms with van der Waals surface area (Å²) < 4.78 is 5.04. The van der Waals surface area contributed by atoms with Gasteiger partial charge in [-0.15, -0.1) is 0 Å². The molecule has 0 aliphatic rings. The lowest BCUT2D eigenvalue weighted by atomic mass is 10.1. The number of ether oxygens (including phenoxy) is 1. The van der Waals surface area contributed by atoms with Crippen LogP contribution in [-0.4, -0.2) is 44.6 Å². The number of nitrogens with one attached hydrogen (secondary N) is 1. The monoisotopic (exact) mass is 251 g/mol. The van der Waals surface area contributed by atoms with Crippen LogP contribution in [0.4, 0.5) is 5.69 Å². The number of anilines is 1. The number of likely N-dealkylation sites (N-methyl/N-ethyl adjacent to an activating group) is 1. The highest BCUT2D eigenvalue weighted by atomic mass is 16.5. The first-order chi connectivity index (χ1) is 8.58. The van der Waals surface area contributed by atoms with E-state index < -0.39 is 0 Å². The van der Waals surface area contributed by atoms with Crippen molar-refractivity contribution in [2.45, 2.75) is 6.92 Å². The molecule has 0 aliphatic carbocycles. The molecule has 1 rings (SSSR count). The fourth-order valence-electron chi connectivity index (χ4n) is 1.49. The van der Waals surface area contributed by atoms with Crippen LogP contribution >= 0.6 is 0 Å². The second-order valence-corrected chi connectivity index (χ2v) is 4.10. The summed E-state index contributed by atoms with van der Waals surface area (Å²) in [5, 5.41) is 2.84. The van der Waals surface area contributed by atoms with Gasteiger partial charge in [-0.1, -0.05) is 6.92 Å². The topological polar surface area (TPSA) is 67.6 Å². The van der Waals surface area contributed by atoms with E-state index in [0.717, 1.165) is 13.1 Å². The normalized spacial score (nSPS) is 10.4. The van der Waals surface area contributed by atoms with E-state index in [0.29, 0.717) is 23.5 Å². The zero-order valence-electron chi connectivity index (χ0n) is 11.2. The number of carbonyl (C=O) groups excluding carboxylic acids is 1. The number of methoxy groups -OCH3 is 1. The first kappa shape index (κ1) is 14.3. The van der Waals surface area contributed by atoms with Crippen LogP contribution in [0.25, 0.3) is 0 Å². The molecule has 1 amide bonds. The first-order valence-corrected chi connectivity index (χ1v) is 5.98. The average Bonchev–Trinajstić information content (AvgIpc) is 2.37. The second-order valence-electron chi connectivity index (χ2n) is 4.10. The van der Waals surface area contributed by atoms with E-state index >= 15 is 0 Å². The molecule has 5 heteroatoms. The van der Waals surface area contributed by atoms with Crippen LogP contribution in [0.2, 0.25) is 0 Å². The summed E-state index contributed by atoms with van der Waals surface area (Å²) in [4.78, 5) is 14.0. The van der Waals surface area contributed by atoms with Crippen molar-refractivity contribution in [3.8, 4) is 5.75 Å². The van der Waals surface area contributed by atoms with Crippen molar-refractivity contribution in [2.24, 2.45) is 0 Å². The van der Waals surface area contributed by atoms with Crippen LogP contribution in [0.3, 0.4) is 0 Å². The highest BCUT2D eigenvalue weighted by Gasteiger charge is 2.09. The molecule has 0 saturated heterocycles. The van der Waals surface area contributed by atoms with E-state index in [1.54, 1.807) is 25.3 Å². The van der Waals surface area contributed by atoms with Crippen LogP contribution < -0.4 is 15.8 Å². The number of carbonyl (C=O) groups is 1. The van der Waals surface area contributed by atoms with Gasteiger partial charge in [-0.3, -0.25) is 4.79 Å². The van der Waals surface area contributed by atoms with Crippen molar-refractivity contribution in [1.82, 2.24) is 10.2 Å². The fraction of sp³-hybridized carbons (Fsp3) is 0.462. The fourth-order valence-corrected chi connectivity index (χ4v) is 1.49. The van der Waals surface area contributed by atoms with Crippen LogP contribution in [0, 0.1) is 0 Å². The number of hydrogen-bond acceptors (Lipinski definition) is 4. The highest BCUT2D eigenvalue weighted by Crippen LogP contribution is 2.19. The molecule has 0 unspecified atom stereocenters. The lowest BCUT2D eigenvalue weighted by molar-refractivity contribution is 0.0951. The lowest BCUT2D eigenvalue weighted by Gasteiger charge is -2.14. The molecule has 0 spiro atoms. The minimum absolute atomic E-state index is 0.153. The van der Waals surface area contributed by atoms with Gasteiger partial charge < -0.3 is 20.7 Å². The summed E-state index contributed by atoms with van der Waals surface area (Å²) in [6.45, 7) is 4.46. The smallest absolute Gasteiger partial charge is 0.253 e. The molecule has 5 nitrogen and oxygen atoms in total. The number of benzene rings is 1. The van der Waals surface area contributed by atoms with Gasteiger partial charge in [0.15, 0.2) is 0 Å². The summed E-state index contributed by atoms with van der Waals surface area (Å²) in [5.41, 5.74) is 6.71. The predicted octanol–water partition coefficient (Wildman–Crippen LogP) is 0.959. The molecule has 0 aromatic heterocycles. The van der Waals surface area contributed by atoms with E-state index in [4.69, 9.17) is 10.5 Å². The lowest BCUT2D eigenvalue weighted by Crippen LogP contribution is -2.33. The Kier molecular flexibility index (Phi) is 5.45. The summed E-state index contributed by atoms with van der Waals surface area (Å²) in [6.07, 6.45) is 0. The third-order valence-electron chi connectivity index (χ3n) is 2.82. The number of rotatable bonds is 6. The number of nitrogens with two attached hydrogens (primary N) is 1. The minimum Gasteiger partial charge on any atom is -0.497 e. The van der Waals surface area contributed by atoms with Gasteiger partial charge >= 0.3 is 0 Å². The Labute approximate surface area is 108 Å². The predicted molar refractivity (Wildman–Crippen MR) is 72.9 cm³/mol. The summed E-state index contributed by atoms with van der Waals surface area (Å²) in [7, 11) is 3.57. The van der Waals surface area contributed by atoms with Crippen molar-refractivity contribution in [1.29, 1.82) is 0 Å². The van der Waals surface area contributed by atoms with Gasteiger partial charge in [0, 0.05) is 24.8 Å². The molecule has 1 aromatic rings. The van der Waals surface area contributed by atoms with Crippen LogP contribution in [-0.2, 0) is 0 Å². The van der Waals surface area contributed by atoms with E-state index in [2.05, 4.69) is 17.1 Å². The summed E-state index contributed by atoms with van der Waals surface area (Å²) in [5.74, 6) is 0.495. The maximum Gasteiger partial charge on any atom is 0.253 e. The van der Waals surface area contributed by atoms with E-state index in [1.807, 2.05) is 7.05 Å². The number of hydrogen-bond donors (Lipinski definition) is 2. The number of nitrogens with zero attached hydrogens (tertiary/aromatic N) is 1. The molecule has 0 radical (unpaired) electrons. The molecule has 0 bridgehead atoms. The molecule has 1 aromatic carbocycles. The van der Waals surface area contributed by atoms with Gasteiger partial charge in [-0.25, -0.2) is 0 Å². The van der Waals surface area contributed by atoms with Gasteiger partial charge in [0.25, 0.3) is 5.91 Å². The molecule has 0 atom stereocenters. The number of amides is 1. The van der Waals surface area contributed by atoms with Crippen molar-refractivity contribution in [2.75, 3.05) is 39.5 Å². The van der Waals surface area contributed by atoms with Gasteiger partial charge in [0.1, 0.15) is 5.75 Å². The van der Waals surface area contributed by atoms with E-state index in [9.17, 15) is 4.79 Å². The molecule has 100 valence electrons. The Bertz CT molecular complexity index is 407. The van der Waals surface area contributed by atoms with E-state index in [-0.39, 0.29) is 5.91 Å². The molecular weight excluding hydrogens is 230 g/mol. The third-order valence-corrected chi connectivity index (χ3v) is 2.82. The number of nitrogen functional groups attached to an aromatic ring is 1. The Hall–Kier alpha value is -1.75. The van der Waals surface area contributed by atoms with Crippen LogP contribution in [0.5, 0.6) is 5.75 Å². The van der Waals surface area contributed by atoms with Crippen molar-refractivity contribution in [3.63, 3.8) is 0 Å². The zero-order valence-corrected chi connectivity index (χ0v) is 11.2.